The molecule has 0 spiro atoms. The largest absolute Gasteiger partial charge is 0.497 e. The molecule has 1 aromatic rings. The molecule has 1 heterocycles. The molecule has 2 aliphatic rings. The summed E-state index contributed by atoms with van der Waals surface area (Å²) in [6, 6.07) is 7.24. The van der Waals surface area contributed by atoms with Gasteiger partial charge in [-0.3, -0.25) is 9.59 Å². The Morgan fingerprint density at radius 2 is 1.91 bits per heavy atom. The van der Waals surface area contributed by atoms with Gasteiger partial charge in [0.2, 0.25) is 0 Å². The van der Waals surface area contributed by atoms with Crippen molar-refractivity contribution < 1.29 is 33.3 Å². The van der Waals surface area contributed by atoms with Crippen molar-refractivity contribution in [1.82, 2.24) is 5.32 Å². The van der Waals surface area contributed by atoms with Crippen LogP contribution >= 0.6 is 0 Å². The van der Waals surface area contributed by atoms with Crippen molar-refractivity contribution >= 4 is 17.7 Å². The molecule has 34 heavy (non-hydrogen) atoms. The fourth-order valence-electron chi connectivity index (χ4n) is 4.62. The number of allylic oxidation sites excluding steroid dienone is 3. The van der Waals surface area contributed by atoms with Crippen LogP contribution in [0.5, 0.6) is 5.75 Å². The van der Waals surface area contributed by atoms with Crippen LogP contribution in [0, 0.1) is 11.8 Å². The lowest BCUT2D eigenvalue weighted by molar-refractivity contribution is -0.151. The molecule has 0 saturated carbocycles. The molecular formula is C26H33NO7. The van der Waals surface area contributed by atoms with Gasteiger partial charge in [0.1, 0.15) is 18.3 Å². The van der Waals surface area contributed by atoms with Gasteiger partial charge in [-0.15, -0.1) is 0 Å². The summed E-state index contributed by atoms with van der Waals surface area (Å²) >= 11 is 0. The zero-order valence-electron chi connectivity index (χ0n) is 20.4. The highest BCUT2D eigenvalue weighted by atomic mass is 16.6. The van der Waals surface area contributed by atoms with Crippen molar-refractivity contribution in [3.8, 4) is 5.75 Å². The van der Waals surface area contributed by atoms with Gasteiger partial charge in [-0.05, 0) is 43.4 Å². The van der Waals surface area contributed by atoms with E-state index in [4.69, 9.17) is 18.9 Å². The van der Waals surface area contributed by atoms with E-state index in [9.17, 15) is 14.4 Å². The van der Waals surface area contributed by atoms with Gasteiger partial charge >= 0.3 is 11.9 Å². The van der Waals surface area contributed by atoms with E-state index in [2.05, 4.69) is 5.32 Å². The zero-order chi connectivity index (χ0) is 24.8. The van der Waals surface area contributed by atoms with Crippen molar-refractivity contribution in [2.24, 2.45) is 11.8 Å². The number of hydrogen-bond donors (Lipinski definition) is 1. The molecule has 8 heteroatoms. The van der Waals surface area contributed by atoms with Crippen molar-refractivity contribution in [2.75, 3.05) is 34.0 Å². The Morgan fingerprint density at radius 3 is 2.59 bits per heavy atom. The summed E-state index contributed by atoms with van der Waals surface area (Å²) < 4.78 is 21.3. The molecule has 0 amide bonds. The van der Waals surface area contributed by atoms with Gasteiger partial charge in [0.15, 0.2) is 5.78 Å². The molecule has 3 rings (SSSR count). The maximum atomic E-state index is 13.7. The van der Waals surface area contributed by atoms with Gasteiger partial charge in [-0.25, -0.2) is 4.79 Å². The maximum Gasteiger partial charge on any atom is 0.336 e. The lowest BCUT2D eigenvalue weighted by Gasteiger charge is -2.38. The highest BCUT2D eigenvalue weighted by Crippen LogP contribution is 2.45. The fourth-order valence-corrected chi connectivity index (χ4v) is 4.62. The van der Waals surface area contributed by atoms with Crippen LogP contribution in [0.3, 0.4) is 0 Å². The number of carbonyl (C=O) groups is 3. The highest BCUT2D eigenvalue weighted by molar-refractivity contribution is 6.12. The van der Waals surface area contributed by atoms with E-state index in [0.29, 0.717) is 46.9 Å². The minimum atomic E-state index is -0.934. The molecule has 1 aliphatic carbocycles. The van der Waals surface area contributed by atoms with Crippen LogP contribution in [0.1, 0.15) is 45.1 Å². The Morgan fingerprint density at radius 1 is 1.15 bits per heavy atom. The second kappa shape index (κ2) is 11.3. The first-order valence-corrected chi connectivity index (χ1v) is 11.6. The Bertz CT molecular complexity index is 1010. The number of rotatable bonds is 9. The molecule has 0 saturated heterocycles. The Labute approximate surface area is 200 Å². The first-order valence-electron chi connectivity index (χ1n) is 11.6. The topological polar surface area (TPSA) is 100 Å². The predicted octanol–water partition coefficient (Wildman–Crippen LogP) is 3.28. The predicted molar refractivity (Wildman–Crippen MR) is 125 cm³/mol. The van der Waals surface area contributed by atoms with Crippen LogP contribution in [-0.2, 0) is 28.6 Å². The molecule has 1 N–H and O–H groups in total. The number of nitrogens with one attached hydrogen (secondary N) is 1. The molecular weight excluding hydrogens is 438 g/mol. The quantitative estimate of drug-likeness (QED) is 0.333. The number of carbonyl (C=O) groups excluding carboxylic acids is 3. The number of hydrogen-bond acceptors (Lipinski definition) is 8. The van der Waals surface area contributed by atoms with Crippen LogP contribution in [0.15, 0.2) is 46.8 Å². The Kier molecular flexibility index (Phi) is 8.50. The van der Waals surface area contributed by atoms with Crippen molar-refractivity contribution in [3.63, 3.8) is 0 Å². The monoisotopic (exact) mass is 471 g/mol. The lowest BCUT2D eigenvalue weighted by atomic mass is 9.69. The van der Waals surface area contributed by atoms with Crippen molar-refractivity contribution in [2.45, 2.75) is 39.5 Å². The number of Topliss-reactive ketones (excluding diaryl/α,β-unsaturated/α-hetero) is 1. The number of methoxy groups -OCH3 is 2. The third-order valence-corrected chi connectivity index (χ3v) is 6.20. The molecule has 3 atom stereocenters. The molecule has 0 bridgehead atoms. The Balaban J connectivity index is 2.04. The molecule has 1 aromatic carbocycles. The summed E-state index contributed by atoms with van der Waals surface area (Å²) in [6.07, 6.45) is 1.35. The average molecular weight is 472 g/mol. The van der Waals surface area contributed by atoms with Crippen LogP contribution in [0.25, 0.3) is 0 Å². The summed E-state index contributed by atoms with van der Waals surface area (Å²) in [5.74, 6) is -2.74. The van der Waals surface area contributed by atoms with Crippen LogP contribution in [0.2, 0.25) is 0 Å². The second-order valence-electron chi connectivity index (χ2n) is 8.56. The van der Waals surface area contributed by atoms with Crippen molar-refractivity contribution in [3.05, 3.63) is 52.4 Å². The van der Waals surface area contributed by atoms with E-state index in [0.717, 1.165) is 6.42 Å². The summed E-state index contributed by atoms with van der Waals surface area (Å²) in [4.78, 5) is 39.4. The van der Waals surface area contributed by atoms with Crippen molar-refractivity contribution in [1.29, 1.82) is 0 Å². The molecule has 0 aromatic heterocycles. The molecule has 184 valence electrons. The zero-order valence-corrected chi connectivity index (χ0v) is 20.4. The average Bonchev–Trinajstić information content (AvgIpc) is 2.82. The number of ether oxygens (including phenoxy) is 4. The van der Waals surface area contributed by atoms with Gasteiger partial charge < -0.3 is 24.3 Å². The standard InChI is InChI=1S/C26H33NO7/c1-6-10-33-11-12-34-26(30)21-16(3)27-19-13-15(2)20(25(29)32-5)24(28)23(19)22(21)17-8-7-9-18(14-17)31-4/h7-9,14-15,20,22,27H,6,10-13H2,1-5H3/t15-,20+,22+/m0/s1. The first kappa shape index (κ1) is 25.5. The SMILES string of the molecule is CCCOCCOC(=O)C1=C(C)NC2=C(C(=O)[C@H](C(=O)OC)[C@@H](C)C2)[C@@H]1c1cccc(OC)c1. The molecule has 0 unspecified atom stereocenters. The van der Waals surface area contributed by atoms with Gasteiger partial charge in [-0.2, -0.15) is 0 Å². The first-order chi connectivity index (χ1) is 16.3. The minimum Gasteiger partial charge on any atom is -0.497 e. The molecule has 1 aliphatic heterocycles. The molecule has 0 radical (unpaired) electrons. The highest BCUT2D eigenvalue weighted by Gasteiger charge is 2.47. The van der Waals surface area contributed by atoms with E-state index in [1.54, 1.807) is 32.2 Å². The minimum absolute atomic E-state index is 0.0993. The third-order valence-electron chi connectivity index (χ3n) is 6.20. The maximum absolute atomic E-state index is 13.7. The summed E-state index contributed by atoms with van der Waals surface area (Å²) in [7, 11) is 2.83. The van der Waals surface area contributed by atoms with Gasteiger partial charge in [0.25, 0.3) is 0 Å². The number of benzene rings is 1. The van der Waals surface area contributed by atoms with E-state index in [1.165, 1.54) is 7.11 Å². The number of dihydropyridines is 1. The fraction of sp³-hybridized carbons (Fsp3) is 0.500. The lowest BCUT2D eigenvalue weighted by Crippen LogP contribution is -2.43. The van der Waals surface area contributed by atoms with Crippen LogP contribution in [-0.4, -0.2) is 51.8 Å². The van der Waals surface area contributed by atoms with E-state index in [-0.39, 0.29) is 24.9 Å². The van der Waals surface area contributed by atoms with E-state index < -0.39 is 23.8 Å². The van der Waals surface area contributed by atoms with Crippen LogP contribution in [0.4, 0.5) is 0 Å². The third kappa shape index (κ3) is 5.17. The molecule has 8 nitrogen and oxygen atoms in total. The normalized spacial score (nSPS) is 22.1. The van der Waals surface area contributed by atoms with E-state index >= 15 is 0 Å². The smallest absolute Gasteiger partial charge is 0.336 e. The van der Waals surface area contributed by atoms with Gasteiger partial charge in [0, 0.05) is 29.5 Å². The summed E-state index contributed by atoms with van der Waals surface area (Å²) in [5.41, 5.74) is 2.75. The summed E-state index contributed by atoms with van der Waals surface area (Å²) in [5, 5.41) is 3.25. The number of ketones is 1. The van der Waals surface area contributed by atoms with Gasteiger partial charge in [-0.1, -0.05) is 26.0 Å². The number of esters is 2. The molecule has 0 fully saturated rings. The summed E-state index contributed by atoms with van der Waals surface area (Å²) in [6.45, 7) is 6.63. The van der Waals surface area contributed by atoms with Crippen LogP contribution < -0.4 is 10.1 Å². The van der Waals surface area contributed by atoms with Gasteiger partial charge in [0.05, 0.1) is 26.4 Å². The van der Waals surface area contributed by atoms with E-state index in [1.807, 2.05) is 19.9 Å². The Hall–Kier alpha value is -3.13. The second-order valence-corrected chi connectivity index (χ2v) is 8.56.